The maximum Gasteiger partial charge on any atom is 0.328 e. The fourth-order valence-electron chi connectivity index (χ4n) is 3.02. The Labute approximate surface area is 99.6 Å². The summed E-state index contributed by atoms with van der Waals surface area (Å²) in [6, 6.07) is 1.02. The van der Waals surface area contributed by atoms with Crippen LogP contribution in [0.15, 0.2) is 4.99 Å². The van der Waals surface area contributed by atoms with Gasteiger partial charge in [-0.15, -0.1) is 0 Å². The number of hydrogen-bond acceptors (Lipinski definition) is 3. The van der Waals surface area contributed by atoms with Crippen LogP contribution in [-0.2, 0) is 4.79 Å². The zero-order chi connectivity index (χ0) is 12.5. The van der Waals surface area contributed by atoms with Crippen molar-refractivity contribution in [3.63, 3.8) is 0 Å². The first kappa shape index (κ1) is 11.6. The second-order valence-electron chi connectivity index (χ2n) is 4.68. The Morgan fingerprint density at radius 1 is 1.47 bits per heavy atom. The number of nitriles is 1. The van der Waals surface area contributed by atoms with Crippen molar-refractivity contribution in [1.29, 1.82) is 5.26 Å². The normalized spacial score (nSPS) is 31.4. The monoisotopic (exact) mass is 230 g/mol. The number of rotatable bonds is 0. The van der Waals surface area contributed by atoms with Crippen LogP contribution >= 0.6 is 0 Å². The van der Waals surface area contributed by atoms with Crippen molar-refractivity contribution >= 4 is 11.8 Å². The van der Waals surface area contributed by atoms with Gasteiger partial charge in [0.2, 0.25) is 0 Å². The largest absolute Gasteiger partial charge is 0.861 e. The Kier molecular flexibility index (Phi) is 2.85. The Morgan fingerprint density at radius 3 is 2.65 bits per heavy atom. The van der Waals surface area contributed by atoms with Gasteiger partial charge in [0.05, 0.1) is 17.4 Å². The molecule has 0 N–H and O–H groups in total. The van der Waals surface area contributed by atoms with E-state index in [-0.39, 0.29) is 0 Å². The highest BCUT2D eigenvalue weighted by atomic mass is 16.3. The van der Waals surface area contributed by atoms with Gasteiger partial charge in [-0.2, -0.15) is 5.26 Å². The van der Waals surface area contributed by atoms with E-state index in [0.717, 1.165) is 19.3 Å². The van der Waals surface area contributed by atoms with E-state index in [1.165, 1.54) is 0 Å². The Morgan fingerprint density at radius 2 is 2.12 bits per heavy atom. The number of carbonyl (C=O) groups excluding carboxylic acids is 1. The van der Waals surface area contributed by atoms with E-state index in [1.54, 1.807) is 0 Å². The van der Waals surface area contributed by atoms with E-state index in [2.05, 4.69) is 9.84 Å². The van der Waals surface area contributed by atoms with Crippen LogP contribution in [0.25, 0.3) is 4.85 Å². The van der Waals surface area contributed by atoms with Gasteiger partial charge >= 0.3 is 11.9 Å². The molecule has 2 atom stereocenters. The highest BCUT2D eigenvalue weighted by Crippen LogP contribution is 2.48. The summed E-state index contributed by atoms with van der Waals surface area (Å²) in [5, 5.41) is 20.8. The molecule has 0 radical (unpaired) electrons. The minimum absolute atomic E-state index is 0.602. The number of aliphatic imine (C=N–C) groups is 1. The van der Waals surface area contributed by atoms with E-state index in [4.69, 9.17) is 11.8 Å². The molecule has 2 rings (SSSR count). The van der Waals surface area contributed by atoms with E-state index >= 15 is 0 Å². The van der Waals surface area contributed by atoms with Gasteiger partial charge < -0.3 is 9.95 Å². The molecule has 2 aliphatic rings. The van der Waals surface area contributed by atoms with Gasteiger partial charge in [0.1, 0.15) is 0 Å². The molecule has 1 aliphatic carbocycles. The standard InChI is InChI=1S/C12H13N3O2/c1-14-9-11(17)15-10(16)8(7-13)12(9)5-3-2-4-6-12/h8-9H,2-6H2,(H,15,16,17)/p-1. The van der Waals surface area contributed by atoms with E-state index in [0.29, 0.717) is 12.8 Å². The van der Waals surface area contributed by atoms with Crippen molar-refractivity contribution in [2.24, 2.45) is 16.3 Å². The van der Waals surface area contributed by atoms with Crippen LogP contribution in [0.3, 0.4) is 0 Å². The smallest absolute Gasteiger partial charge is 0.328 e. The molecule has 1 aliphatic heterocycles. The third-order valence-electron chi connectivity index (χ3n) is 3.86. The lowest BCUT2D eigenvalue weighted by atomic mass is 9.60. The molecule has 17 heavy (non-hydrogen) atoms. The molecule has 88 valence electrons. The summed E-state index contributed by atoms with van der Waals surface area (Å²) in [6.07, 6.45) is 3.97. The number of nitrogens with zero attached hydrogens (tertiary/aromatic N) is 3. The maximum absolute atomic E-state index is 11.7. The summed E-state index contributed by atoms with van der Waals surface area (Å²) in [5.74, 6) is -2.22. The van der Waals surface area contributed by atoms with Crippen molar-refractivity contribution in [3.8, 4) is 6.07 Å². The average molecular weight is 230 g/mol. The molecule has 0 bridgehead atoms. The summed E-state index contributed by atoms with van der Waals surface area (Å²) in [4.78, 5) is 18.3. The highest BCUT2D eigenvalue weighted by molar-refractivity contribution is 5.99. The molecular formula is C12H12N3O2-. The van der Waals surface area contributed by atoms with Gasteiger partial charge in [-0.3, -0.25) is 4.79 Å². The van der Waals surface area contributed by atoms with Crippen LogP contribution in [0.5, 0.6) is 0 Å². The molecule has 0 aromatic rings. The fraction of sp³-hybridized carbons (Fsp3) is 0.667. The fourth-order valence-corrected chi connectivity index (χ4v) is 3.02. The molecule has 1 heterocycles. The van der Waals surface area contributed by atoms with E-state index < -0.39 is 29.2 Å². The van der Waals surface area contributed by atoms with Crippen LogP contribution < -0.4 is 5.11 Å². The van der Waals surface area contributed by atoms with E-state index in [1.807, 2.05) is 6.07 Å². The summed E-state index contributed by atoms with van der Waals surface area (Å²) < 4.78 is 0. The third kappa shape index (κ3) is 1.59. The molecule has 5 nitrogen and oxygen atoms in total. The van der Waals surface area contributed by atoms with Crippen molar-refractivity contribution in [1.82, 2.24) is 0 Å². The zero-order valence-corrected chi connectivity index (χ0v) is 9.35. The van der Waals surface area contributed by atoms with Crippen LogP contribution in [0.4, 0.5) is 0 Å². The van der Waals surface area contributed by atoms with Crippen LogP contribution in [-0.4, -0.2) is 17.8 Å². The molecule has 0 saturated heterocycles. The molecule has 0 aromatic carbocycles. The van der Waals surface area contributed by atoms with Crippen LogP contribution in [0.1, 0.15) is 32.1 Å². The van der Waals surface area contributed by atoms with Gasteiger partial charge in [0.25, 0.3) is 0 Å². The first-order valence-corrected chi connectivity index (χ1v) is 5.71. The van der Waals surface area contributed by atoms with Crippen molar-refractivity contribution in [2.75, 3.05) is 0 Å². The molecule has 1 saturated carbocycles. The van der Waals surface area contributed by atoms with Crippen molar-refractivity contribution < 1.29 is 9.90 Å². The second-order valence-corrected chi connectivity index (χ2v) is 4.68. The minimum atomic E-state index is -0.940. The molecular weight excluding hydrogens is 218 g/mol. The molecule has 2 unspecified atom stereocenters. The molecule has 0 aromatic heterocycles. The SMILES string of the molecule is [C-]#[N+]C1C(=O)N=C([O-])C(C#N)C12CCCCC2. The average Bonchev–Trinajstić information content (AvgIpc) is 2.30. The Bertz CT molecular complexity index is 449. The van der Waals surface area contributed by atoms with Crippen LogP contribution in [0, 0.1) is 29.2 Å². The number of carbonyl (C=O) groups is 1. The Balaban J connectivity index is 2.51. The minimum Gasteiger partial charge on any atom is -0.861 e. The maximum atomic E-state index is 11.7. The first-order valence-electron chi connectivity index (χ1n) is 5.71. The van der Waals surface area contributed by atoms with Crippen LogP contribution in [0.2, 0.25) is 0 Å². The molecule has 5 heteroatoms. The predicted octanol–water partition coefficient (Wildman–Crippen LogP) is 0.664. The molecule has 1 fully saturated rings. The van der Waals surface area contributed by atoms with Gasteiger partial charge in [-0.25, -0.2) is 11.6 Å². The lowest BCUT2D eigenvalue weighted by molar-refractivity contribution is -0.228. The lowest BCUT2D eigenvalue weighted by Gasteiger charge is -2.43. The van der Waals surface area contributed by atoms with Gasteiger partial charge in [0.15, 0.2) is 0 Å². The summed E-state index contributed by atoms with van der Waals surface area (Å²) in [6.45, 7) is 7.14. The second kappa shape index (κ2) is 4.18. The van der Waals surface area contributed by atoms with Gasteiger partial charge in [-0.05, 0) is 18.7 Å². The van der Waals surface area contributed by atoms with Gasteiger partial charge in [0, 0.05) is 0 Å². The lowest BCUT2D eigenvalue weighted by Crippen LogP contribution is -2.54. The number of hydrogen-bond donors (Lipinski definition) is 0. The zero-order valence-electron chi connectivity index (χ0n) is 9.35. The van der Waals surface area contributed by atoms with Gasteiger partial charge in [-0.1, -0.05) is 19.3 Å². The summed E-state index contributed by atoms with van der Waals surface area (Å²) in [5.41, 5.74) is -0.773. The number of amides is 1. The van der Waals surface area contributed by atoms with Crippen molar-refractivity contribution in [2.45, 2.75) is 38.1 Å². The summed E-state index contributed by atoms with van der Waals surface area (Å²) in [7, 11) is 0. The quantitative estimate of drug-likeness (QED) is 0.573. The first-order chi connectivity index (χ1) is 8.15. The highest BCUT2D eigenvalue weighted by Gasteiger charge is 2.56. The molecule has 1 amide bonds. The van der Waals surface area contributed by atoms with Crippen molar-refractivity contribution in [3.05, 3.63) is 11.4 Å². The topological polar surface area (TPSA) is 80.6 Å². The third-order valence-corrected chi connectivity index (χ3v) is 3.86. The predicted molar refractivity (Wildman–Crippen MR) is 57.5 cm³/mol. The molecule has 1 spiro atoms. The Hall–Kier alpha value is -1.88. The van der Waals surface area contributed by atoms with E-state index in [9.17, 15) is 9.90 Å². The summed E-state index contributed by atoms with van der Waals surface area (Å²) >= 11 is 0.